The van der Waals surface area contributed by atoms with Crippen molar-refractivity contribution < 1.29 is 22.3 Å². The van der Waals surface area contributed by atoms with Crippen molar-refractivity contribution in [1.29, 1.82) is 0 Å². The van der Waals surface area contributed by atoms with Crippen LogP contribution in [0.2, 0.25) is 0 Å². The quantitative estimate of drug-likeness (QED) is 0.338. The second kappa shape index (κ2) is 10.00. The van der Waals surface area contributed by atoms with Gasteiger partial charge in [0.25, 0.3) is 0 Å². The maximum Gasteiger partial charge on any atom is 0.389 e. The van der Waals surface area contributed by atoms with Crippen molar-refractivity contribution in [1.82, 2.24) is 10.2 Å². The van der Waals surface area contributed by atoms with Crippen molar-refractivity contribution in [2.75, 3.05) is 33.8 Å². The van der Waals surface area contributed by atoms with Gasteiger partial charge < -0.3 is 15.0 Å². The van der Waals surface area contributed by atoms with Gasteiger partial charge in [-0.05, 0) is 37.1 Å². The number of rotatable bonds is 8. The smallest absolute Gasteiger partial charge is 0.389 e. The molecular weight excluding hydrogens is 326 g/mol. The lowest BCUT2D eigenvalue weighted by Crippen LogP contribution is -2.41. The highest BCUT2D eigenvalue weighted by Crippen LogP contribution is 2.21. The highest BCUT2D eigenvalue weighted by atomic mass is 19.4. The molecule has 0 saturated heterocycles. The Morgan fingerprint density at radius 2 is 1.88 bits per heavy atom. The number of benzene rings is 1. The zero-order valence-electron chi connectivity index (χ0n) is 13.9. The van der Waals surface area contributed by atoms with Crippen LogP contribution in [0.5, 0.6) is 5.75 Å². The van der Waals surface area contributed by atoms with Crippen LogP contribution in [-0.2, 0) is 0 Å². The molecule has 0 aliphatic heterocycles. The molecule has 4 nitrogen and oxygen atoms in total. The molecule has 0 radical (unpaired) electrons. The largest absolute Gasteiger partial charge is 0.492 e. The van der Waals surface area contributed by atoms with Gasteiger partial charge in [-0.15, -0.1) is 0 Å². The third kappa shape index (κ3) is 8.59. The molecule has 0 unspecified atom stereocenters. The van der Waals surface area contributed by atoms with E-state index in [1.165, 1.54) is 12.1 Å². The van der Waals surface area contributed by atoms with Crippen LogP contribution in [0.4, 0.5) is 17.6 Å². The third-order valence-corrected chi connectivity index (χ3v) is 3.25. The van der Waals surface area contributed by atoms with E-state index >= 15 is 0 Å². The fraction of sp³-hybridized carbons (Fsp3) is 0.562. The van der Waals surface area contributed by atoms with E-state index in [0.717, 1.165) is 0 Å². The number of unbranched alkanes of at least 4 members (excludes halogenated alkanes) is 1. The minimum absolute atomic E-state index is 0.0882. The fourth-order valence-electron chi connectivity index (χ4n) is 1.97. The van der Waals surface area contributed by atoms with Gasteiger partial charge in [-0.25, -0.2) is 4.39 Å². The first-order valence-electron chi connectivity index (χ1n) is 7.69. The molecule has 0 aromatic heterocycles. The summed E-state index contributed by atoms with van der Waals surface area (Å²) in [7, 11) is 3.41. The van der Waals surface area contributed by atoms with Gasteiger partial charge >= 0.3 is 6.18 Å². The minimum atomic E-state index is -4.10. The zero-order chi connectivity index (χ0) is 18.0. The van der Waals surface area contributed by atoms with Crippen LogP contribution < -0.4 is 10.1 Å². The summed E-state index contributed by atoms with van der Waals surface area (Å²) in [5, 5.41) is 3.02. The molecule has 1 aromatic carbocycles. The van der Waals surface area contributed by atoms with Gasteiger partial charge in [0.05, 0.1) is 6.54 Å². The maximum absolute atomic E-state index is 12.8. The van der Waals surface area contributed by atoms with Crippen molar-refractivity contribution in [3.05, 3.63) is 30.1 Å². The first-order valence-corrected chi connectivity index (χ1v) is 7.69. The highest BCUT2D eigenvalue weighted by molar-refractivity contribution is 5.79. The number of guanidine groups is 1. The summed E-state index contributed by atoms with van der Waals surface area (Å²) in [6.45, 7) is 1.32. The normalized spacial score (nSPS) is 12.2. The van der Waals surface area contributed by atoms with Gasteiger partial charge in [-0.3, -0.25) is 4.99 Å². The monoisotopic (exact) mass is 349 g/mol. The maximum atomic E-state index is 12.8. The minimum Gasteiger partial charge on any atom is -0.492 e. The van der Waals surface area contributed by atoms with Crippen LogP contribution in [0.25, 0.3) is 0 Å². The summed E-state index contributed by atoms with van der Waals surface area (Å²) < 4.78 is 54.4. The molecule has 0 atom stereocenters. The van der Waals surface area contributed by atoms with E-state index in [1.807, 2.05) is 4.90 Å². The van der Waals surface area contributed by atoms with E-state index in [-0.39, 0.29) is 12.2 Å². The standard InChI is InChI=1S/C16H23F4N3O/c1-21-15(22-10-4-3-9-16(18,19)20)23(2)11-12-24-14-7-5-13(17)6-8-14/h5-8H,3-4,9-12H2,1-2H3,(H,21,22). The van der Waals surface area contributed by atoms with Gasteiger partial charge in [-0.2, -0.15) is 13.2 Å². The number of alkyl halides is 3. The number of ether oxygens (including phenoxy) is 1. The van der Waals surface area contributed by atoms with Crippen molar-refractivity contribution in [3.63, 3.8) is 0 Å². The zero-order valence-corrected chi connectivity index (χ0v) is 13.9. The van der Waals surface area contributed by atoms with Crippen molar-refractivity contribution >= 4 is 5.96 Å². The first kappa shape index (κ1) is 20.1. The Morgan fingerprint density at radius 3 is 2.46 bits per heavy atom. The van der Waals surface area contributed by atoms with E-state index in [0.29, 0.717) is 37.8 Å². The van der Waals surface area contributed by atoms with Gasteiger partial charge in [0, 0.05) is 27.1 Å². The van der Waals surface area contributed by atoms with E-state index in [4.69, 9.17) is 4.74 Å². The lowest BCUT2D eigenvalue weighted by Gasteiger charge is -2.22. The molecule has 0 spiro atoms. The van der Waals surface area contributed by atoms with Crippen LogP contribution in [-0.4, -0.2) is 50.8 Å². The number of hydrogen-bond acceptors (Lipinski definition) is 2. The molecule has 0 amide bonds. The van der Waals surface area contributed by atoms with E-state index in [9.17, 15) is 17.6 Å². The molecule has 0 heterocycles. The molecule has 0 aliphatic rings. The Labute approximate surface area is 139 Å². The summed E-state index contributed by atoms with van der Waals surface area (Å²) in [5.41, 5.74) is 0. The number of halogens is 4. The van der Waals surface area contributed by atoms with Crippen molar-refractivity contribution in [3.8, 4) is 5.75 Å². The van der Waals surface area contributed by atoms with Crippen molar-refractivity contribution in [2.24, 2.45) is 4.99 Å². The fourth-order valence-corrected chi connectivity index (χ4v) is 1.97. The summed E-state index contributed by atoms with van der Waals surface area (Å²) in [5.74, 6) is 0.833. The molecule has 24 heavy (non-hydrogen) atoms. The molecule has 0 aliphatic carbocycles. The molecule has 0 saturated carbocycles. The van der Waals surface area contributed by atoms with Gasteiger partial charge in [0.15, 0.2) is 5.96 Å². The Bertz CT molecular complexity index is 503. The van der Waals surface area contributed by atoms with Crippen LogP contribution in [0, 0.1) is 5.82 Å². The molecule has 0 fully saturated rings. The Kier molecular flexibility index (Phi) is 8.35. The average molecular weight is 349 g/mol. The lowest BCUT2D eigenvalue weighted by atomic mass is 10.2. The van der Waals surface area contributed by atoms with Crippen molar-refractivity contribution in [2.45, 2.75) is 25.4 Å². The highest BCUT2D eigenvalue weighted by Gasteiger charge is 2.25. The second-order valence-electron chi connectivity index (χ2n) is 5.27. The number of likely N-dealkylation sites (N-methyl/N-ethyl adjacent to an activating group) is 1. The van der Waals surface area contributed by atoms with Gasteiger partial charge in [0.2, 0.25) is 0 Å². The molecule has 136 valence electrons. The van der Waals surface area contributed by atoms with Crippen LogP contribution in [0.3, 0.4) is 0 Å². The van der Waals surface area contributed by atoms with Crippen LogP contribution in [0.15, 0.2) is 29.3 Å². The molecule has 1 rings (SSSR count). The van der Waals surface area contributed by atoms with E-state index in [2.05, 4.69) is 10.3 Å². The summed E-state index contributed by atoms with van der Waals surface area (Å²) >= 11 is 0. The SMILES string of the molecule is CN=C(NCCCCC(F)(F)F)N(C)CCOc1ccc(F)cc1. The lowest BCUT2D eigenvalue weighted by molar-refractivity contribution is -0.135. The Hall–Kier alpha value is -1.99. The second-order valence-corrected chi connectivity index (χ2v) is 5.27. The summed E-state index contributed by atoms with van der Waals surface area (Å²) in [6.07, 6.45) is -4.37. The van der Waals surface area contributed by atoms with Gasteiger partial charge in [-0.1, -0.05) is 0 Å². The van der Waals surface area contributed by atoms with E-state index in [1.54, 1.807) is 26.2 Å². The predicted molar refractivity (Wildman–Crippen MR) is 85.8 cm³/mol. The number of aliphatic imine (C=N–C) groups is 1. The van der Waals surface area contributed by atoms with Gasteiger partial charge in [0.1, 0.15) is 18.2 Å². The average Bonchev–Trinajstić information content (AvgIpc) is 2.51. The Morgan fingerprint density at radius 1 is 1.21 bits per heavy atom. The molecule has 1 N–H and O–H groups in total. The van der Waals surface area contributed by atoms with Crippen LogP contribution >= 0.6 is 0 Å². The number of hydrogen-bond donors (Lipinski definition) is 1. The number of nitrogens with zero attached hydrogens (tertiary/aromatic N) is 2. The molecular formula is C16H23F4N3O. The van der Waals surface area contributed by atoms with Crippen LogP contribution in [0.1, 0.15) is 19.3 Å². The van der Waals surface area contributed by atoms with E-state index < -0.39 is 12.6 Å². The number of nitrogens with one attached hydrogen (secondary N) is 1. The molecule has 1 aromatic rings. The molecule has 8 heteroatoms. The molecule has 0 bridgehead atoms. The predicted octanol–water partition coefficient (Wildman–Crippen LogP) is 3.44. The summed E-state index contributed by atoms with van der Waals surface area (Å²) in [6, 6.07) is 5.73. The summed E-state index contributed by atoms with van der Waals surface area (Å²) in [4.78, 5) is 5.89. The topological polar surface area (TPSA) is 36.9 Å². The third-order valence-electron chi connectivity index (χ3n) is 3.25. The Balaban J connectivity index is 2.23. The first-order chi connectivity index (χ1) is 11.3.